The van der Waals surface area contributed by atoms with E-state index in [9.17, 15) is 19.5 Å². The Kier molecular flexibility index (Phi) is 8.13. The van der Waals surface area contributed by atoms with Crippen LogP contribution in [0.25, 0.3) is 0 Å². The van der Waals surface area contributed by atoms with Crippen LogP contribution in [0, 0.1) is 5.92 Å². The number of nitrogens with zero attached hydrogens (tertiary/aromatic N) is 3. The molecule has 0 aliphatic carbocycles. The van der Waals surface area contributed by atoms with Gasteiger partial charge in [-0.05, 0) is 29.5 Å². The van der Waals surface area contributed by atoms with Gasteiger partial charge in [0.1, 0.15) is 12.1 Å². The lowest BCUT2D eigenvalue weighted by Gasteiger charge is -2.41. The number of carbonyl (C=O) groups is 3. The second kappa shape index (κ2) is 11.7. The first-order chi connectivity index (χ1) is 19.7. The molecule has 2 saturated heterocycles. The summed E-state index contributed by atoms with van der Waals surface area (Å²) >= 11 is 0. The highest BCUT2D eigenvalue weighted by atomic mass is 16.4. The van der Waals surface area contributed by atoms with E-state index in [0.29, 0.717) is 26.2 Å². The number of rotatable bonds is 8. The van der Waals surface area contributed by atoms with Crippen LogP contribution in [0.5, 0.6) is 0 Å². The molecule has 41 heavy (non-hydrogen) atoms. The highest BCUT2D eigenvalue weighted by molar-refractivity contribution is 5.87. The first-order valence-corrected chi connectivity index (χ1v) is 14.3. The van der Waals surface area contributed by atoms with Gasteiger partial charge in [0.05, 0.1) is 5.54 Å². The van der Waals surface area contributed by atoms with E-state index in [-0.39, 0.29) is 23.9 Å². The molecule has 8 nitrogen and oxygen atoms in total. The van der Waals surface area contributed by atoms with E-state index in [1.54, 1.807) is 18.7 Å². The Labute approximate surface area is 241 Å². The van der Waals surface area contributed by atoms with Crippen LogP contribution in [-0.4, -0.2) is 82.0 Å². The summed E-state index contributed by atoms with van der Waals surface area (Å²) in [6.45, 7) is 7.17. The highest BCUT2D eigenvalue weighted by Gasteiger charge is 2.57. The topological polar surface area (TPSA) is 93.0 Å². The molecular formula is C33H38N4O4. The van der Waals surface area contributed by atoms with E-state index in [0.717, 1.165) is 16.7 Å². The molecule has 214 valence electrons. The van der Waals surface area contributed by atoms with E-state index in [4.69, 9.17) is 0 Å². The van der Waals surface area contributed by atoms with Crippen molar-refractivity contribution in [3.63, 3.8) is 0 Å². The van der Waals surface area contributed by atoms with Gasteiger partial charge in [-0.25, -0.2) is 9.59 Å². The number of hydrogen-bond acceptors (Lipinski definition) is 4. The number of nitrogens with one attached hydrogen (secondary N) is 1. The minimum absolute atomic E-state index is 0.0512. The van der Waals surface area contributed by atoms with Crippen LogP contribution in [0.1, 0.15) is 37.5 Å². The first-order valence-electron chi connectivity index (χ1n) is 14.3. The smallest absolute Gasteiger partial charge is 0.326 e. The second-order valence-electron chi connectivity index (χ2n) is 11.3. The Balaban J connectivity index is 1.39. The number of aliphatic carboxylic acids is 1. The van der Waals surface area contributed by atoms with Crippen LogP contribution in [-0.2, 0) is 15.1 Å². The molecule has 4 atom stereocenters. The van der Waals surface area contributed by atoms with Crippen molar-refractivity contribution in [2.24, 2.45) is 5.92 Å². The van der Waals surface area contributed by atoms with Crippen LogP contribution in [0.4, 0.5) is 4.79 Å². The number of carboxylic acids is 1. The summed E-state index contributed by atoms with van der Waals surface area (Å²) in [4.78, 5) is 44.3. The van der Waals surface area contributed by atoms with Gasteiger partial charge in [-0.3, -0.25) is 9.69 Å². The van der Waals surface area contributed by atoms with Crippen LogP contribution in [0.3, 0.4) is 0 Å². The quantitative estimate of drug-likeness (QED) is 0.324. The summed E-state index contributed by atoms with van der Waals surface area (Å²) in [7, 11) is 0. The normalized spacial score (nSPS) is 21.3. The van der Waals surface area contributed by atoms with Crippen LogP contribution in [0.15, 0.2) is 91.0 Å². The van der Waals surface area contributed by atoms with Crippen LogP contribution in [0.2, 0.25) is 0 Å². The Morgan fingerprint density at radius 2 is 1.29 bits per heavy atom. The number of urea groups is 1. The number of hydrogen-bond donors (Lipinski definition) is 2. The number of piperazine rings is 1. The van der Waals surface area contributed by atoms with E-state index in [1.807, 2.05) is 66.4 Å². The van der Waals surface area contributed by atoms with Crippen molar-refractivity contribution in [3.8, 4) is 0 Å². The minimum Gasteiger partial charge on any atom is -0.480 e. The van der Waals surface area contributed by atoms with Gasteiger partial charge in [0, 0.05) is 32.2 Å². The van der Waals surface area contributed by atoms with Crippen molar-refractivity contribution in [2.45, 2.75) is 44.4 Å². The fourth-order valence-electron chi connectivity index (χ4n) is 6.16. The zero-order valence-electron chi connectivity index (χ0n) is 23.8. The number of benzene rings is 3. The lowest BCUT2D eigenvalue weighted by molar-refractivity contribution is -0.140. The number of carbonyl (C=O) groups excluding carboxylic acids is 2. The molecule has 5 rings (SSSR count). The van der Waals surface area contributed by atoms with Crippen molar-refractivity contribution >= 4 is 17.9 Å². The van der Waals surface area contributed by atoms with Crippen molar-refractivity contribution in [1.29, 1.82) is 0 Å². The van der Waals surface area contributed by atoms with E-state index >= 15 is 0 Å². The van der Waals surface area contributed by atoms with Crippen LogP contribution >= 0.6 is 0 Å². The maximum absolute atomic E-state index is 14.0. The molecule has 2 heterocycles. The molecule has 2 aliphatic rings. The van der Waals surface area contributed by atoms with Gasteiger partial charge in [-0.2, -0.15) is 0 Å². The van der Waals surface area contributed by atoms with E-state index < -0.39 is 23.6 Å². The largest absolute Gasteiger partial charge is 0.480 e. The lowest BCUT2D eigenvalue weighted by Crippen LogP contribution is -2.60. The summed E-state index contributed by atoms with van der Waals surface area (Å²) in [6, 6.07) is 29.1. The van der Waals surface area contributed by atoms with Crippen molar-refractivity contribution in [2.75, 3.05) is 26.2 Å². The molecule has 2 unspecified atom stereocenters. The minimum atomic E-state index is -1.05. The first kappa shape index (κ1) is 28.4. The van der Waals surface area contributed by atoms with Crippen molar-refractivity contribution in [3.05, 3.63) is 108 Å². The summed E-state index contributed by atoms with van der Waals surface area (Å²) in [5, 5.41) is 12.1. The zero-order valence-corrected chi connectivity index (χ0v) is 23.8. The molecule has 0 saturated carbocycles. The molecule has 2 aliphatic heterocycles. The van der Waals surface area contributed by atoms with Gasteiger partial charge in [0.2, 0.25) is 5.91 Å². The Bertz CT molecular complexity index is 1270. The average molecular weight is 555 g/mol. The van der Waals surface area contributed by atoms with E-state index in [1.165, 1.54) is 0 Å². The summed E-state index contributed by atoms with van der Waals surface area (Å²) in [5.41, 5.74) is 2.65. The molecule has 8 heteroatoms. The zero-order chi connectivity index (χ0) is 29.1. The highest BCUT2D eigenvalue weighted by Crippen LogP contribution is 2.48. The van der Waals surface area contributed by atoms with Crippen LogP contribution < -0.4 is 5.32 Å². The summed E-state index contributed by atoms with van der Waals surface area (Å²) in [6.07, 6.45) is 0. The SMILES string of the molecule is CC(C)[C@H](NC(=O)N1CCN(C(=O)C2CN2C(c2ccccc2)(c2ccccc2)c2ccccc2)[C@@H](C)C1)C(=O)O. The maximum Gasteiger partial charge on any atom is 0.326 e. The Hall–Kier alpha value is -4.17. The van der Waals surface area contributed by atoms with Gasteiger partial charge in [0.25, 0.3) is 0 Å². The molecule has 0 aromatic heterocycles. The molecule has 0 spiro atoms. The fraction of sp³-hybridized carbons (Fsp3) is 0.364. The molecule has 2 fully saturated rings. The third-order valence-electron chi connectivity index (χ3n) is 8.31. The van der Waals surface area contributed by atoms with Gasteiger partial charge in [-0.15, -0.1) is 0 Å². The third kappa shape index (κ3) is 5.44. The van der Waals surface area contributed by atoms with Crippen molar-refractivity contribution < 1.29 is 19.5 Å². The molecule has 0 bridgehead atoms. The third-order valence-corrected chi connectivity index (χ3v) is 8.31. The number of amides is 3. The standard InChI is InChI=1S/C33H38N4O4/c1-23(2)29(31(39)40)34-32(41)35-19-20-36(24(3)21-35)30(38)28-22-37(28)33(25-13-7-4-8-14-25,26-15-9-5-10-16-26)27-17-11-6-12-18-27/h4-18,23-24,28-29H,19-22H2,1-3H3,(H,34,41)(H,39,40)/t24-,28?,29-,37?/m0/s1. The maximum atomic E-state index is 14.0. The molecule has 2 N–H and O–H groups in total. The molecule has 3 aromatic carbocycles. The molecule has 3 aromatic rings. The molecular weight excluding hydrogens is 516 g/mol. The van der Waals surface area contributed by atoms with Crippen molar-refractivity contribution in [1.82, 2.24) is 20.0 Å². The lowest BCUT2D eigenvalue weighted by atomic mass is 9.76. The summed E-state index contributed by atoms with van der Waals surface area (Å²) in [5.74, 6) is -1.24. The van der Waals surface area contributed by atoms with Gasteiger partial charge >= 0.3 is 12.0 Å². The Morgan fingerprint density at radius 3 is 1.71 bits per heavy atom. The predicted octanol–water partition coefficient (Wildman–Crippen LogP) is 4.01. The predicted molar refractivity (Wildman–Crippen MR) is 157 cm³/mol. The molecule has 3 amide bonds. The monoisotopic (exact) mass is 554 g/mol. The average Bonchev–Trinajstić information content (AvgIpc) is 3.78. The number of carboxylic acid groups (broad SMARTS) is 1. The molecule has 0 radical (unpaired) electrons. The van der Waals surface area contributed by atoms with Gasteiger partial charge < -0.3 is 20.2 Å². The fourth-order valence-corrected chi connectivity index (χ4v) is 6.16. The second-order valence-corrected chi connectivity index (χ2v) is 11.3. The van der Waals surface area contributed by atoms with E-state index in [2.05, 4.69) is 46.6 Å². The summed E-state index contributed by atoms with van der Waals surface area (Å²) < 4.78 is 0. The van der Waals surface area contributed by atoms with Gasteiger partial charge in [-0.1, -0.05) is 105 Å². The Morgan fingerprint density at radius 1 is 0.805 bits per heavy atom. The van der Waals surface area contributed by atoms with Gasteiger partial charge in [0.15, 0.2) is 0 Å².